The Morgan fingerprint density at radius 2 is 0.406 bits per heavy atom. The maximum absolute atomic E-state index is 2.46. The molecule has 21 rings (SSSR count). The molecule has 0 heterocycles. The summed E-state index contributed by atoms with van der Waals surface area (Å²) in [6, 6.07) is 140. The molecule has 498 valence electrons. The average molecular weight is 1350 g/mol. The lowest BCUT2D eigenvalue weighted by Gasteiger charge is -2.22. The first kappa shape index (κ1) is 62.8. The maximum Gasteiger partial charge on any atom is 0.0158 e. The summed E-state index contributed by atoms with van der Waals surface area (Å²) in [5.41, 5.74) is 31.0. The van der Waals surface area contributed by atoms with Crippen LogP contribution in [-0.2, 0) is 10.8 Å². The molecule has 0 spiro atoms. The van der Waals surface area contributed by atoms with Crippen LogP contribution in [0.2, 0.25) is 0 Å². The lowest BCUT2D eigenvalue weighted by molar-refractivity contribution is 0.660. The van der Waals surface area contributed by atoms with Crippen LogP contribution in [0.25, 0.3) is 187 Å². The molecule has 0 heteroatoms. The van der Waals surface area contributed by atoms with Crippen LogP contribution in [0.15, 0.2) is 376 Å². The monoisotopic (exact) mass is 1350 g/mol. The van der Waals surface area contributed by atoms with Gasteiger partial charge in [-0.05, 0) is 233 Å². The van der Waals surface area contributed by atoms with E-state index in [2.05, 4.69) is 404 Å². The van der Waals surface area contributed by atoms with Crippen LogP contribution in [0.1, 0.15) is 49.9 Å². The molecular weight excluding hydrogens is 1270 g/mol. The zero-order valence-corrected chi connectivity index (χ0v) is 59.8. The van der Waals surface area contributed by atoms with Gasteiger partial charge >= 0.3 is 0 Å². The fourth-order valence-electron chi connectivity index (χ4n) is 18.6. The zero-order valence-electron chi connectivity index (χ0n) is 59.8. The zero-order chi connectivity index (χ0) is 70.8. The van der Waals surface area contributed by atoms with Crippen molar-refractivity contribution >= 4 is 75.4 Å². The second-order valence-corrected chi connectivity index (χ2v) is 30.0. The molecule has 0 atom stereocenters. The largest absolute Gasteiger partial charge is 0.0622 e. The molecule has 0 saturated heterocycles. The van der Waals surface area contributed by atoms with E-state index in [-0.39, 0.29) is 10.8 Å². The average Bonchev–Trinajstić information content (AvgIpc) is 1.46. The number of hydrogen-bond acceptors (Lipinski definition) is 0. The molecule has 19 aromatic rings. The van der Waals surface area contributed by atoms with Crippen LogP contribution < -0.4 is 0 Å². The van der Waals surface area contributed by atoms with Gasteiger partial charge in [0.2, 0.25) is 0 Å². The molecule has 0 bridgehead atoms. The molecule has 0 amide bonds. The topological polar surface area (TPSA) is 0 Å². The minimum absolute atomic E-state index is 0.0205. The van der Waals surface area contributed by atoms with Gasteiger partial charge in [-0.2, -0.15) is 0 Å². The second kappa shape index (κ2) is 24.9. The summed E-state index contributed by atoms with van der Waals surface area (Å²) >= 11 is 0. The Bertz CT molecular complexity index is 6710. The van der Waals surface area contributed by atoms with Crippen LogP contribution in [0.5, 0.6) is 0 Å². The smallest absolute Gasteiger partial charge is 0.0158 e. The highest BCUT2D eigenvalue weighted by Gasteiger charge is 2.37. The van der Waals surface area contributed by atoms with Crippen LogP contribution >= 0.6 is 0 Å². The molecule has 0 saturated carbocycles. The molecule has 0 N–H and O–H groups in total. The van der Waals surface area contributed by atoms with Crippen molar-refractivity contribution in [2.24, 2.45) is 0 Å². The highest BCUT2D eigenvalue weighted by Crippen LogP contribution is 2.55. The predicted molar refractivity (Wildman–Crippen MR) is 454 cm³/mol. The third kappa shape index (κ3) is 9.96. The highest BCUT2D eigenvalue weighted by molar-refractivity contribution is 6.25. The van der Waals surface area contributed by atoms with Crippen molar-refractivity contribution in [3.05, 3.63) is 398 Å². The van der Waals surface area contributed by atoms with Crippen molar-refractivity contribution in [2.75, 3.05) is 0 Å². The second-order valence-electron chi connectivity index (χ2n) is 30.0. The molecule has 0 nitrogen and oxygen atoms in total. The van der Waals surface area contributed by atoms with E-state index < -0.39 is 0 Å². The Hall–Kier alpha value is -13.0. The Kier molecular flexibility index (Phi) is 14.7. The van der Waals surface area contributed by atoms with E-state index in [1.54, 1.807) is 0 Å². The predicted octanol–water partition coefficient (Wildman–Crippen LogP) is 29.4. The molecule has 106 heavy (non-hydrogen) atoms. The van der Waals surface area contributed by atoms with Gasteiger partial charge in [-0.15, -0.1) is 0 Å². The molecule has 0 radical (unpaired) electrons. The maximum atomic E-state index is 2.46. The summed E-state index contributed by atoms with van der Waals surface area (Å²) in [5.74, 6) is 0. The van der Waals surface area contributed by atoms with Crippen LogP contribution in [0.3, 0.4) is 0 Å². The summed E-state index contributed by atoms with van der Waals surface area (Å²) in [6.45, 7) is 9.43. The third-order valence-corrected chi connectivity index (χ3v) is 23.5. The van der Waals surface area contributed by atoms with Crippen molar-refractivity contribution in [1.29, 1.82) is 0 Å². The first-order valence-electron chi connectivity index (χ1n) is 37.3. The van der Waals surface area contributed by atoms with E-state index in [0.29, 0.717) is 0 Å². The highest BCUT2D eigenvalue weighted by atomic mass is 14.4. The summed E-state index contributed by atoms with van der Waals surface area (Å²) in [6.07, 6.45) is 0. The summed E-state index contributed by atoms with van der Waals surface area (Å²) in [5, 5.41) is 17.8. The van der Waals surface area contributed by atoms with Crippen molar-refractivity contribution in [2.45, 2.75) is 38.5 Å². The molecule has 0 aliphatic heterocycles. The SMILES string of the molecule is CC1(C)c2ccccc2-c2cc(-c3c4ccccc4c(-c4ccc(-c5c6ccccc6c(-c6ccccc6)c6ccccc56)cc4)c4ccc(-c5ccccc5)cc34)ccc21.CC1(C)c2ccccc2-c2cc(-c3c4ccccc4c(-c4ccccc4)c4ccc(-c5cccc6ccccc56)cc34)ccc21. The third-order valence-electron chi connectivity index (χ3n) is 23.5. The minimum Gasteiger partial charge on any atom is -0.0622 e. The fourth-order valence-corrected chi connectivity index (χ4v) is 18.6. The molecule has 19 aromatic carbocycles. The van der Waals surface area contributed by atoms with Crippen LogP contribution in [0.4, 0.5) is 0 Å². The van der Waals surface area contributed by atoms with Gasteiger partial charge in [0, 0.05) is 10.8 Å². The Morgan fingerprint density at radius 3 is 0.821 bits per heavy atom. The van der Waals surface area contributed by atoms with Gasteiger partial charge in [0.25, 0.3) is 0 Å². The van der Waals surface area contributed by atoms with Crippen molar-refractivity contribution in [1.82, 2.24) is 0 Å². The number of rotatable bonds is 8. The van der Waals surface area contributed by atoms with Crippen molar-refractivity contribution in [3.8, 4) is 111 Å². The molecular formula is C106H74. The fraction of sp³-hybridized carbons (Fsp3) is 0.0566. The van der Waals surface area contributed by atoms with E-state index in [1.807, 2.05) is 0 Å². The van der Waals surface area contributed by atoms with Crippen LogP contribution in [0, 0.1) is 0 Å². The van der Waals surface area contributed by atoms with E-state index in [0.717, 1.165) is 0 Å². The standard InChI is InChI=1S/C61H42.C45H32/c1-61(2)55-28-16-15-21-45(55)53-38-44(34-36-56(53)61)60-51-27-14-13-26-50(51)59(52-35-33-43(37-54(52)60)39-17-5-3-6-18-39)42-31-29-41(30-32-42)58-48-24-11-9-22-46(48)57(40-19-7-4-8-20-40)47-23-10-12-25-49(47)58;1-45(2)41-22-11-10-18-35(41)39-28-32(24-26-42(39)45)44-37-20-9-8-19-36(37)43(30-14-4-3-5-15-30)38-25-23-31(27-40(38)44)34-21-12-16-29-13-6-7-17-33(29)34/h3-38H,1-2H3;3-28H,1-2H3. The molecule has 0 aromatic heterocycles. The van der Waals surface area contributed by atoms with Gasteiger partial charge in [0.05, 0.1) is 0 Å². The Balaban J connectivity index is 0.000000147. The molecule has 0 unspecified atom stereocenters. The van der Waals surface area contributed by atoms with Gasteiger partial charge < -0.3 is 0 Å². The van der Waals surface area contributed by atoms with Crippen molar-refractivity contribution in [3.63, 3.8) is 0 Å². The van der Waals surface area contributed by atoms with E-state index in [9.17, 15) is 0 Å². The van der Waals surface area contributed by atoms with Gasteiger partial charge in [0.15, 0.2) is 0 Å². The van der Waals surface area contributed by atoms with Gasteiger partial charge in [-0.25, -0.2) is 0 Å². The number of benzene rings is 19. The molecule has 2 aliphatic rings. The van der Waals surface area contributed by atoms with Gasteiger partial charge in [-0.3, -0.25) is 0 Å². The Morgan fingerprint density at radius 1 is 0.142 bits per heavy atom. The van der Waals surface area contributed by atoms with E-state index >= 15 is 0 Å². The van der Waals surface area contributed by atoms with Crippen molar-refractivity contribution < 1.29 is 0 Å². The normalized spacial score (nSPS) is 13.1. The van der Waals surface area contributed by atoms with E-state index in [1.165, 1.54) is 209 Å². The molecule has 0 fully saturated rings. The first-order chi connectivity index (χ1) is 52.1. The minimum atomic E-state index is -0.0480. The van der Waals surface area contributed by atoms with E-state index in [4.69, 9.17) is 0 Å². The lowest BCUT2D eigenvalue weighted by Crippen LogP contribution is -2.14. The summed E-state index contributed by atoms with van der Waals surface area (Å²) in [4.78, 5) is 0. The molecule has 2 aliphatic carbocycles. The first-order valence-corrected chi connectivity index (χ1v) is 37.3. The van der Waals surface area contributed by atoms with Gasteiger partial charge in [-0.1, -0.05) is 380 Å². The van der Waals surface area contributed by atoms with Crippen LogP contribution in [-0.4, -0.2) is 0 Å². The number of fused-ring (bicyclic) bond motifs is 13. The van der Waals surface area contributed by atoms with Gasteiger partial charge in [0.1, 0.15) is 0 Å². The number of hydrogen-bond donors (Lipinski definition) is 0. The summed E-state index contributed by atoms with van der Waals surface area (Å²) in [7, 11) is 0. The lowest BCUT2D eigenvalue weighted by atomic mass is 9.81. The Labute approximate surface area is 619 Å². The quantitative estimate of drug-likeness (QED) is 0.133. The summed E-state index contributed by atoms with van der Waals surface area (Å²) < 4.78 is 0.